The molecule has 0 aromatic carbocycles. The predicted octanol–water partition coefficient (Wildman–Crippen LogP) is 1.96. The number of aliphatic hydroxyl groups is 1. The lowest BCUT2D eigenvalue weighted by Gasteiger charge is -2.32. The molecule has 0 spiro atoms. The van der Waals surface area contributed by atoms with Crippen LogP contribution in [0.15, 0.2) is 12.2 Å². The van der Waals surface area contributed by atoms with Crippen molar-refractivity contribution in [3.63, 3.8) is 0 Å². The Morgan fingerprint density at radius 3 is 2.56 bits per heavy atom. The molecule has 1 aliphatic rings. The van der Waals surface area contributed by atoms with Gasteiger partial charge in [-0.3, -0.25) is 4.79 Å². The monoisotopic (exact) mass is 225 g/mol. The van der Waals surface area contributed by atoms with Gasteiger partial charge in [0.1, 0.15) is 0 Å². The summed E-state index contributed by atoms with van der Waals surface area (Å²) in [5.41, 5.74) is 0. The molecule has 0 aromatic heterocycles. The van der Waals surface area contributed by atoms with Crippen LogP contribution in [0.5, 0.6) is 0 Å². The lowest BCUT2D eigenvalue weighted by Crippen LogP contribution is -2.44. The Kier molecular flexibility index (Phi) is 5.00. The van der Waals surface area contributed by atoms with Crippen molar-refractivity contribution in [3.8, 4) is 0 Å². The number of allylic oxidation sites excluding steroid dienone is 2. The first kappa shape index (κ1) is 13.2. The zero-order valence-corrected chi connectivity index (χ0v) is 10.5. The lowest BCUT2D eigenvalue weighted by atomic mass is 9.92. The summed E-state index contributed by atoms with van der Waals surface area (Å²) in [5.74, 6) is 0.311. The molecule has 0 radical (unpaired) electrons. The van der Waals surface area contributed by atoms with Gasteiger partial charge in [-0.15, -0.1) is 0 Å². The SMILES string of the molecule is CC(O)CN(C(=O)C1CC=CCC1)C(C)C. The van der Waals surface area contributed by atoms with E-state index in [1.165, 1.54) is 0 Å². The molecule has 1 aliphatic carbocycles. The minimum Gasteiger partial charge on any atom is -0.392 e. The summed E-state index contributed by atoms with van der Waals surface area (Å²) >= 11 is 0. The summed E-state index contributed by atoms with van der Waals surface area (Å²) in [7, 11) is 0. The van der Waals surface area contributed by atoms with Gasteiger partial charge < -0.3 is 10.0 Å². The van der Waals surface area contributed by atoms with E-state index in [0.29, 0.717) is 6.54 Å². The number of rotatable bonds is 4. The Balaban J connectivity index is 2.62. The molecule has 92 valence electrons. The highest BCUT2D eigenvalue weighted by molar-refractivity contribution is 5.79. The van der Waals surface area contributed by atoms with Crippen LogP contribution < -0.4 is 0 Å². The van der Waals surface area contributed by atoms with Crippen LogP contribution in [0.3, 0.4) is 0 Å². The number of amides is 1. The molecule has 1 amide bonds. The maximum atomic E-state index is 12.3. The highest BCUT2D eigenvalue weighted by Crippen LogP contribution is 2.21. The Morgan fingerprint density at radius 1 is 1.44 bits per heavy atom. The normalized spacial score (nSPS) is 22.2. The molecule has 0 aromatic rings. The van der Waals surface area contributed by atoms with Crippen molar-refractivity contribution >= 4 is 5.91 Å². The van der Waals surface area contributed by atoms with E-state index in [4.69, 9.17) is 0 Å². The topological polar surface area (TPSA) is 40.5 Å². The number of aliphatic hydroxyl groups excluding tert-OH is 1. The number of carbonyl (C=O) groups is 1. The fourth-order valence-corrected chi connectivity index (χ4v) is 2.09. The molecule has 2 unspecified atom stereocenters. The second-order valence-electron chi connectivity index (χ2n) is 4.91. The fourth-order valence-electron chi connectivity index (χ4n) is 2.09. The third-order valence-corrected chi connectivity index (χ3v) is 2.99. The third kappa shape index (κ3) is 3.63. The maximum absolute atomic E-state index is 12.3. The predicted molar refractivity (Wildman–Crippen MR) is 65.0 cm³/mol. The van der Waals surface area contributed by atoms with E-state index in [-0.39, 0.29) is 17.9 Å². The molecule has 0 aliphatic heterocycles. The van der Waals surface area contributed by atoms with Crippen molar-refractivity contribution in [1.29, 1.82) is 0 Å². The molecule has 0 fully saturated rings. The zero-order chi connectivity index (χ0) is 12.1. The zero-order valence-electron chi connectivity index (χ0n) is 10.5. The number of hydrogen-bond acceptors (Lipinski definition) is 2. The highest BCUT2D eigenvalue weighted by atomic mass is 16.3. The minimum atomic E-state index is -0.453. The van der Waals surface area contributed by atoms with Gasteiger partial charge in [-0.1, -0.05) is 12.2 Å². The first-order chi connectivity index (χ1) is 7.52. The van der Waals surface area contributed by atoms with Gasteiger partial charge in [0.05, 0.1) is 6.10 Å². The summed E-state index contributed by atoms with van der Waals surface area (Å²) in [6, 6.07) is 0.160. The molecule has 1 N–H and O–H groups in total. The van der Waals surface area contributed by atoms with E-state index in [0.717, 1.165) is 19.3 Å². The highest BCUT2D eigenvalue weighted by Gasteiger charge is 2.26. The summed E-state index contributed by atoms with van der Waals surface area (Å²) in [4.78, 5) is 14.1. The van der Waals surface area contributed by atoms with E-state index in [1.54, 1.807) is 11.8 Å². The van der Waals surface area contributed by atoms with Gasteiger partial charge in [0.2, 0.25) is 5.91 Å². The minimum absolute atomic E-state index is 0.117. The third-order valence-electron chi connectivity index (χ3n) is 2.99. The van der Waals surface area contributed by atoms with Gasteiger partial charge in [-0.05, 0) is 40.0 Å². The van der Waals surface area contributed by atoms with Crippen LogP contribution >= 0.6 is 0 Å². The number of nitrogens with zero attached hydrogens (tertiary/aromatic N) is 1. The largest absolute Gasteiger partial charge is 0.392 e. The van der Waals surface area contributed by atoms with Gasteiger partial charge in [-0.2, -0.15) is 0 Å². The van der Waals surface area contributed by atoms with Crippen LogP contribution in [-0.2, 0) is 4.79 Å². The van der Waals surface area contributed by atoms with Crippen molar-refractivity contribution in [1.82, 2.24) is 4.90 Å². The summed E-state index contributed by atoms with van der Waals surface area (Å²) in [6.45, 7) is 6.16. The van der Waals surface area contributed by atoms with E-state index in [1.807, 2.05) is 13.8 Å². The fraction of sp³-hybridized carbons (Fsp3) is 0.769. The summed E-state index contributed by atoms with van der Waals surface area (Å²) in [6.07, 6.45) is 6.56. The smallest absolute Gasteiger partial charge is 0.226 e. The van der Waals surface area contributed by atoms with Crippen LogP contribution in [0.1, 0.15) is 40.0 Å². The van der Waals surface area contributed by atoms with Crippen molar-refractivity contribution in [2.75, 3.05) is 6.54 Å². The van der Waals surface area contributed by atoms with Gasteiger partial charge in [0.25, 0.3) is 0 Å². The number of hydrogen-bond donors (Lipinski definition) is 1. The molecule has 3 heteroatoms. The second kappa shape index (κ2) is 6.04. The van der Waals surface area contributed by atoms with E-state index >= 15 is 0 Å². The summed E-state index contributed by atoms with van der Waals surface area (Å²) in [5, 5.41) is 9.41. The Hall–Kier alpha value is -0.830. The molecule has 1 rings (SSSR count). The van der Waals surface area contributed by atoms with Crippen LogP contribution in [0.25, 0.3) is 0 Å². The number of carbonyl (C=O) groups excluding carboxylic acids is 1. The van der Waals surface area contributed by atoms with Gasteiger partial charge in [-0.25, -0.2) is 0 Å². The first-order valence-electron chi connectivity index (χ1n) is 6.16. The molecule has 16 heavy (non-hydrogen) atoms. The molecule has 0 bridgehead atoms. The molecule has 0 saturated heterocycles. The lowest BCUT2D eigenvalue weighted by molar-refractivity contribution is -0.139. The van der Waals surface area contributed by atoms with Crippen LogP contribution in [0.2, 0.25) is 0 Å². The van der Waals surface area contributed by atoms with Crippen molar-refractivity contribution in [3.05, 3.63) is 12.2 Å². The maximum Gasteiger partial charge on any atom is 0.226 e. The quantitative estimate of drug-likeness (QED) is 0.743. The average molecular weight is 225 g/mol. The first-order valence-corrected chi connectivity index (χ1v) is 6.16. The van der Waals surface area contributed by atoms with Crippen molar-refractivity contribution in [2.45, 2.75) is 52.2 Å². The van der Waals surface area contributed by atoms with Crippen molar-refractivity contribution < 1.29 is 9.90 Å². The van der Waals surface area contributed by atoms with Crippen LogP contribution in [-0.4, -0.2) is 34.6 Å². The van der Waals surface area contributed by atoms with Crippen LogP contribution in [0.4, 0.5) is 0 Å². The summed E-state index contributed by atoms with van der Waals surface area (Å²) < 4.78 is 0. The molecule has 2 atom stereocenters. The Morgan fingerprint density at radius 2 is 2.12 bits per heavy atom. The van der Waals surface area contributed by atoms with E-state index in [2.05, 4.69) is 12.2 Å². The van der Waals surface area contributed by atoms with E-state index < -0.39 is 6.10 Å². The van der Waals surface area contributed by atoms with E-state index in [9.17, 15) is 9.90 Å². The molecule has 3 nitrogen and oxygen atoms in total. The molecular weight excluding hydrogens is 202 g/mol. The Labute approximate surface area is 98.1 Å². The van der Waals surface area contributed by atoms with Gasteiger partial charge >= 0.3 is 0 Å². The second-order valence-corrected chi connectivity index (χ2v) is 4.91. The van der Waals surface area contributed by atoms with Gasteiger partial charge in [0.15, 0.2) is 0 Å². The standard InChI is InChI=1S/C13H23NO2/c1-10(2)14(9-11(3)15)13(16)12-7-5-4-6-8-12/h4-5,10-12,15H,6-9H2,1-3H3. The average Bonchev–Trinajstić information content (AvgIpc) is 2.25. The van der Waals surface area contributed by atoms with Gasteiger partial charge in [0, 0.05) is 18.5 Å². The molecular formula is C13H23NO2. The van der Waals surface area contributed by atoms with Crippen LogP contribution in [0, 0.1) is 5.92 Å². The van der Waals surface area contributed by atoms with Crippen molar-refractivity contribution in [2.24, 2.45) is 5.92 Å². The molecule has 0 heterocycles. The molecule has 0 saturated carbocycles. The Bertz CT molecular complexity index is 259.